The van der Waals surface area contributed by atoms with Gasteiger partial charge in [-0.05, 0) is 29.8 Å². The molecule has 0 fully saturated rings. The van der Waals surface area contributed by atoms with Crippen molar-refractivity contribution in [3.8, 4) is 11.5 Å². The van der Waals surface area contributed by atoms with Crippen molar-refractivity contribution in [1.82, 2.24) is 5.32 Å². The van der Waals surface area contributed by atoms with Crippen LogP contribution in [0.2, 0.25) is 0 Å². The van der Waals surface area contributed by atoms with Crippen LogP contribution in [0.25, 0.3) is 0 Å². The molecule has 0 aromatic heterocycles. The minimum Gasteiger partial charge on any atom is -0.484 e. The highest BCUT2D eigenvalue weighted by molar-refractivity contribution is 5.80. The minimum absolute atomic E-state index is 0.0891. The van der Waals surface area contributed by atoms with Crippen molar-refractivity contribution in [1.29, 1.82) is 0 Å². The van der Waals surface area contributed by atoms with E-state index in [1.807, 2.05) is 0 Å². The van der Waals surface area contributed by atoms with Crippen LogP contribution in [0.1, 0.15) is 15.9 Å². The fraction of sp³-hybridized carbons (Fsp3) is 0.222. The lowest BCUT2D eigenvalue weighted by atomic mass is 10.2. The molecule has 0 aliphatic heterocycles. The predicted molar refractivity (Wildman–Crippen MR) is 87.2 cm³/mol. The predicted octanol–water partition coefficient (Wildman–Crippen LogP) is 3.14. The first-order valence-electron chi connectivity index (χ1n) is 7.59. The molecule has 1 amide bonds. The molecule has 0 unspecified atom stereocenters. The Hall–Kier alpha value is -3.03. The van der Waals surface area contributed by atoms with Crippen LogP contribution in [0.3, 0.4) is 0 Å². The number of halogens is 3. The van der Waals surface area contributed by atoms with Crippen molar-refractivity contribution in [2.24, 2.45) is 0 Å². The number of nitrogens with one attached hydrogen (secondary N) is 1. The zero-order valence-electron chi connectivity index (χ0n) is 13.6. The van der Waals surface area contributed by atoms with E-state index in [1.165, 1.54) is 12.1 Å². The molecule has 0 radical (unpaired) electrons. The van der Waals surface area contributed by atoms with Gasteiger partial charge in [-0.3, -0.25) is 9.59 Å². The summed E-state index contributed by atoms with van der Waals surface area (Å²) in [5, 5.41) is 2.61. The second-order valence-electron chi connectivity index (χ2n) is 5.27. The second kappa shape index (κ2) is 8.89. The summed E-state index contributed by atoms with van der Waals surface area (Å²) in [5.41, 5.74) is 1.03. The van der Waals surface area contributed by atoms with Crippen molar-refractivity contribution in [3.05, 3.63) is 59.7 Å². The van der Waals surface area contributed by atoms with E-state index < -0.39 is 18.7 Å². The third-order valence-corrected chi connectivity index (χ3v) is 3.22. The Kier molecular flexibility index (Phi) is 6.60. The molecule has 2 rings (SSSR count). The number of benzene rings is 2. The number of alkyl halides is 3. The summed E-state index contributed by atoms with van der Waals surface area (Å²) in [6.45, 7) is -1.45. The Bertz CT molecular complexity index is 745. The van der Waals surface area contributed by atoms with Gasteiger partial charge >= 0.3 is 6.18 Å². The van der Waals surface area contributed by atoms with Crippen molar-refractivity contribution in [2.75, 3.05) is 13.2 Å². The largest absolute Gasteiger partial charge is 0.484 e. The molecule has 138 valence electrons. The Morgan fingerprint density at radius 2 is 1.73 bits per heavy atom. The number of para-hydroxylation sites is 1. The van der Waals surface area contributed by atoms with Crippen LogP contribution in [-0.4, -0.2) is 31.6 Å². The fourth-order valence-corrected chi connectivity index (χ4v) is 1.97. The molecule has 0 aliphatic rings. The van der Waals surface area contributed by atoms with E-state index in [4.69, 9.17) is 4.74 Å². The molecule has 0 spiro atoms. The van der Waals surface area contributed by atoms with E-state index in [1.54, 1.807) is 36.4 Å². The summed E-state index contributed by atoms with van der Waals surface area (Å²) < 4.78 is 46.1. The first-order valence-corrected chi connectivity index (χ1v) is 7.59. The second-order valence-corrected chi connectivity index (χ2v) is 5.27. The lowest BCUT2D eigenvalue weighted by Gasteiger charge is -2.10. The number of hydrogen-bond acceptors (Lipinski definition) is 4. The molecule has 26 heavy (non-hydrogen) atoms. The molecule has 2 aromatic carbocycles. The molecular formula is C18H16F3NO4. The van der Waals surface area contributed by atoms with E-state index in [-0.39, 0.29) is 18.9 Å². The highest BCUT2D eigenvalue weighted by Crippen LogP contribution is 2.19. The van der Waals surface area contributed by atoms with Crippen LogP contribution in [0.15, 0.2) is 48.5 Å². The van der Waals surface area contributed by atoms with Crippen molar-refractivity contribution in [3.63, 3.8) is 0 Å². The standard InChI is InChI=1S/C18H16F3NO4/c19-18(20,21)12-26-15-7-5-13(6-8-15)9-22-17(24)11-25-16-4-2-1-3-14(16)10-23/h1-8,10H,9,11-12H2,(H,22,24). The van der Waals surface area contributed by atoms with Crippen LogP contribution in [0.5, 0.6) is 11.5 Å². The summed E-state index contributed by atoms with van der Waals surface area (Å²) in [6, 6.07) is 12.4. The molecule has 0 saturated heterocycles. The van der Waals surface area contributed by atoms with Gasteiger partial charge in [0, 0.05) is 6.54 Å². The SMILES string of the molecule is O=Cc1ccccc1OCC(=O)NCc1ccc(OCC(F)(F)F)cc1. The van der Waals surface area contributed by atoms with Gasteiger partial charge in [-0.2, -0.15) is 13.2 Å². The average Bonchev–Trinajstić information content (AvgIpc) is 2.63. The molecule has 1 N–H and O–H groups in total. The van der Waals surface area contributed by atoms with Gasteiger partial charge in [0.15, 0.2) is 19.5 Å². The third kappa shape index (κ3) is 6.46. The molecule has 0 heterocycles. The van der Waals surface area contributed by atoms with Gasteiger partial charge in [-0.15, -0.1) is 0 Å². The van der Waals surface area contributed by atoms with Gasteiger partial charge in [0.2, 0.25) is 0 Å². The highest BCUT2D eigenvalue weighted by atomic mass is 19.4. The van der Waals surface area contributed by atoms with E-state index in [2.05, 4.69) is 10.1 Å². The normalized spacial score (nSPS) is 10.9. The van der Waals surface area contributed by atoms with Gasteiger partial charge in [-0.1, -0.05) is 24.3 Å². The topological polar surface area (TPSA) is 64.6 Å². The lowest BCUT2D eigenvalue weighted by molar-refractivity contribution is -0.153. The van der Waals surface area contributed by atoms with Crippen LogP contribution in [-0.2, 0) is 11.3 Å². The maximum atomic E-state index is 12.1. The Morgan fingerprint density at radius 3 is 2.38 bits per heavy atom. The number of amides is 1. The molecule has 0 saturated carbocycles. The van der Waals surface area contributed by atoms with Crippen molar-refractivity contribution >= 4 is 12.2 Å². The number of rotatable bonds is 8. The van der Waals surface area contributed by atoms with Crippen molar-refractivity contribution < 1.29 is 32.2 Å². The number of carbonyl (C=O) groups is 2. The Balaban J connectivity index is 1.77. The molecule has 2 aromatic rings. The maximum Gasteiger partial charge on any atom is 0.422 e. The quantitative estimate of drug-likeness (QED) is 0.728. The fourth-order valence-electron chi connectivity index (χ4n) is 1.97. The maximum absolute atomic E-state index is 12.1. The van der Waals surface area contributed by atoms with Crippen LogP contribution in [0.4, 0.5) is 13.2 Å². The summed E-state index contributed by atoms with van der Waals surface area (Å²) >= 11 is 0. The van der Waals surface area contributed by atoms with Gasteiger partial charge in [-0.25, -0.2) is 0 Å². The number of ether oxygens (including phenoxy) is 2. The zero-order chi connectivity index (χ0) is 19.0. The number of hydrogen-bond donors (Lipinski definition) is 1. The Morgan fingerprint density at radius 1 is 1.04 bits per heavy atom. The first kappa shape index (κ1) is 19.3. The van der Waals surface area contributed by atoms with E-state index in [9.17, 15) is 22.8 Å². The lowest BCUT2D eigenvalue weighted by Crippen LogP contribution is -2.28. The third-order valence-electron chi connectivity index (χ3n) is 3.22. The molecule has 0 atom stereocenters. The molecule has 0 aliphatic carbocycles. The van der Waals surface area contributed by atoms with Gasteiger partial charge < -0.3 is 14.8 Å². The summed E-state index contributed by atoms with van der Waals surface area (Å²) in [4.78, 5) is 22.7. The summed E-state index contributed by atoms with van der Waals surface area (Å²) in [7, 11) is 0. The first-order chi connectivity index (χ1) is 12.4. The Labute approximate surface area is 147 Å². The average molecular weight is 367 g/mol. The zero-order valence-corrected chi connectivity index (χ0v) is 13.6. The van der Waals surface area contributed by atoms with Crippen molar-refractivity contribution in [2.45, 2.75) is 12.7 Å². The smallest absolute Gasteiger partial charge is 0.422 e. The number of carbonyl (C=O) groups excluding carboxylic acids is 2. The molecule has 0 bridgehead atoms. The van der Waals surface area contributed by atoms with Crippen LogP contribution < -0.4 is 14.8 Å². The van der Waals surface area contributed by atoms with E-state index in [0.717, 1.165) is 0 Å². The van der Waals surface area contributed by atoms with Crippen LogP contribution >= 0.6 is 0 Å². The van der Waals surface area contributed by atoms with Gasteiger partial charge in [0.05, 0.1) is 5.56 Å². The molecule has 5 nitrogen and oxygen atoms in total. The summed E-state index contributed by atoms with van der Waals surface area (Å²) in [5.74, 6) is -0.00174. The van der Waals surface area contributed by atoms with Gasteiger partial charge in [0.1, 0.15) is 11.5 Å². The highest BCUT2D eigenvalue weighted by Gasteiger charge is 2.28. The van der Waals surface area contributed by atoms with Gasteiger partial charge in [0.25, 0.3) is 5.91 Å². The van der Waals surface area contributed by atoms with E-state index in [0.29, 0.717) is 23.2 Å². The van der Waals surface area contributed by atoms with Crippen LogP contribution in [0, 0.1) is 0 Å². The molecule has 8 heteroatoms. The minimum atomic E-state index is -4.39. The van der Waals surface area contributed by atoms with E-state index >= 15 is 0 Å². The number of aldehydes is 1. The summed E-state index contributed by atoms with van der Waals surface area (Å²) in [6.07, 6.45) is -3.76. The monoisotopic (exact) mass is 367 g/mol. The molecular weight excluding hydrogens is 351 g/mol.